The molecule has 2 aromatic carbocycles. The number of hydrogen-bond donors (Lipinski definition) is 0. The van der Waals surface area contributed by atoms with Crippen molar-refractivity contribution in [3.05, 3.63) is 54.1 Å². The highest BCUT2D eigenvalue weighted by Crippen LogP contribution is 2.33. The number of urea groups is 1. The van der Waals surface area contributed by atoms with E-state index in [1.54, 1.807) is 35.2 Å². The number of ether oxygens (including phenoxy) is 2. The molecule has 0 saturated carbocycles. The van der Waals surface area contributed by atoms with Gasteiger partial charge in [0.2, 0.25) is 0 Å². The summed E-state index contributed by atoms with van der Waals surface area (Å²) < 4.78 is 10.7. The Bertz CT molecular complexity index is 801. The maximum Gasteiger partial charge on any atom is 0.331 e. The lowest BCUT2D eigenvalue weighted by molar-refractivity contribution is 0.0980. The molecule has 3 amide bonds. The molecule has 27 heavy (non-hydrogen) atoms. The van der Waals surface area contributed by atoms with Gasteiger partial charge in [-0.2, -0.15) is 0 Å². The number of rotatable bonds is 4. The Labute approximate surface area is 159 Å². The van der Waals surface area contributed by atoms with E-state index in [0.29, 0.717) is 30.3 Å². The molecule has 3 rings (SSSR count). The quantitative estimate of drug-likeness (QED) is 0.820. The van der Waals surface area contributed by atoms with Crippen LogP contribution in [0.1, 0.15) is 29.6 Å². The van der Waals surface area contributed by atoms with Crippen LogP contribution in [0.25, 0.3) is 0 Å². The van der Waals surface area contributed by atoms with Crippen LogP contribution in [0.3, 0.4) is 0 Å². The lowest BCUT2D eigenvalue weighted by atomic mass is 10.1. The summed E-state index contributed by atoms with van der Waals surface area (Å²) >= 11 is 0. The Morgan fingerprint density at radius 3 is 2.22 bits per heavy atom. The molecule has 1 aliphatic heterocycles. The number of imide groups is 1. The van der Waals surface area contributed by atoms with E-state index in [-0.39, 0.29) is 11.6 Å². The van der Waals surface area contributed by atoms with E-state index in [9.17, 15) is 9.59 Å². The molecule has 142 valence electrons. The van der Waals surface area contributed by atoms with Crippen LogP contribution in [0.4, 0.5) is 10.5 Å². The normalized spacial score (nSPS) is 13.8. The summed E-state index contributed by atoms with van der Waals surface area (Å²) in [4.78, 5) is 29.6. The number of carbonyl (C=O) groups excluding carboxylic acids is 2. The van der Waals surface area contributed by atoms with E-state index in [1.807, 2.05) is 18.2 Å². The molecule has 0 aliphatic carbocycles. The van der Waals surface area contributed by atoms with Gasteiger partial charge in [0.25, 0.3) is 5.91 Å². The number of carbonyl (C=O) groups is 2. The van der Waals surface area contributed by atoms with Crippen LogP contribution in [-0.4, -0.2) is 44.1 Å². The maximum atomic E-state index is 13.4. The zero-order chi connectivity index (χ0) is 19.2. The summed E-state index contributed by atoms with van der Waals surface area (Å²) in [5.74, 6) is 0.326. The minimum atomic E-state index is -0.437. The predicted octanol–water partition coefficient (Wildman–Crippen LogP) is 3.96. The first-order valence-corrected chi connectivity index (χ1v) is 9.06. The molecule has 0 N–H and O–H groups in total. The fourth-order valence-corrected chi connectivity index (χ4v) is 3.29. The number of likely N-dealkylation sites (tertiary alicyclic amines) is 1. The van der Waals surface area contributed by atoms with Crippen molar-refractivity contribution in [3.63, 3.8) is 0 Å². The molecule has 0 spiro atoms. The molecule has 1 saturated heterocycles. The van der Waals surface area contributed by atoms with Crippen molar-refractivity contribution in [2.75, 3.05) is 32.2 Å². The zero-order valence-electron chi connectivity index (χ0n) is 15.7. The number of para-hydroxylation sites is 2. The standard InChI is InChI=1S/C21H24N2O4/c1-26-18-13-9-12-17(19(18)27-2)20(24)23(16-10-5-3-6-11-16)21(25)22-14-7-4-8-15-22/h3,5-6,9-13H,4,7-8,14-15H2,1-2H3. The molecule has 1 aliphatic rings. The fourth-order valence-electron chi connectivity index (χ4n) is 3.29. The van der Waals surface area contributed by atoms with E-state index in [1.165, 1.54) is 19.1 Å². The number of hydrogen-bond acceptors (Lipinski definition) is 4. The van der Waals surface area contributed by atoms with E-state index < -0.39 is 5.91 Å². The largest absolute Gasteiger partial charge is 0.493 e. The maximum absolute atomic E-state index is 13.4. The highest BCUT2D eigenvalue weighted by molar-refractivity contribution is 6.21. The highest BCUT2D eigenvalue weighted by atomic mass is 16.5. The second-order valence-corrected chi connectivity index (χ2v) is 6.35. The van der Waals surface area contributed by atoms with Crippen molar-refractivity contribution in [1.82, 2.24) is 4.90 Å². The number of benzene rings is 2. The van der Waals surface area contributed by atoms with Gasteiger partial charge in [-0.05, 0) is 43.5 Å². The lowest BCUT2D eigenvalue weighted by Crippen LogP contribution is -2.48. The summed E-state index contributed by atoms with van der Waals surface area (Å²) in [6.45, 7) is 1.31. The summed E-state index contributed by atoms with van der Waals surface area (Å²) in [6, 6.07) is 13.7. The Morgan fingerprint density at radius 1 is 0.889 bits per heavy atom. The SMILES string of the molecule is COc1cccc(C(=O)N(C(=O)N2CCCCC2)c2ccccc2)c1OC. The van der Waals surface area contributed by atoms with Crippen LogP contribution < -0.4 is 14.4 Å². The van der Waals surface area contributed by atoms with E-state index >= 15 is 0 Å². The van der Waals surface area contributed by atoms with Gasteiger partial charge in [-0.15, -0.1) is 0 Å². The molecule has 1 heterocycles. The van der Waals surface area contributed by atoms with Gasteiger partial charge in [0.1, 0.15) is 0 Å². The van der Waals surface area contributed by atoms with Crippen LogP contribution in [-0.2, 0) is 0 Å². The first-order chi connectivity index (χ1) is 13.2. The molecule has 0 radical (unpaired) electrons. The van der Waals surface area contributed by atoms with Gasteiger partial charge >= 0.3 is 6.03 Å². The summed E-state index contributed by atoms with van der Waals surface area (Å²) in [7, 11) is 2.99. The average molecular weight is 368 g/mol. The topological polar surface area (TPSA) is 59.1 Å². The highest BCUT2D eigenvalue weighted by Gasteiger charge is 2.32. The Kier molecular flexibility index (Phi) is 5.96. The average Bonchev–Trinajstić information content (AvgIpc) is 2.74. The summed E-state index contributed by atoms with van der Waals surface area (Å²) in [5.41, 5.74) is 0.814. The van der Waals surface area contributed by atoms with Crippen LogP contribution in [0, 0.1) is 0 Å². The molecule has 2 aromatic rings. The zero-order valence-corrected chi connectivity index (χ0v) is 15.7. The van der Waals surface area contributed by atoms with Crippen LogP contribution in [0.2, 0.25) is 0 Å². The third-order valence-corrected chi connectivity index (χ3v) is 4.67. The van der Waals surface area contributed by atoms with Gasteiger partial charge < -0.3 is 14.4 Å². The molecule has 6 nitrogen and oxygen atoms in total. The number of piperidine rings is 1. The van der Waals surface area contributed by atoms with Gasteiger partial charge in [-0.25, -0.2) is 9.69 Å². The van der Waals surface area contributed by atoms with E-state index in [0.717, 1.165) is 19.3 Å². The third-order valence-electron chi connectivity index (χ3n) is 4.67. The number of amides is 3. The number of anilines is 1. The van der Waals surface area contributed by atoms with Gasteiger partial charge in [0.15, 0.2) is 11.5 Å². The van der Waals surface area contributed by atoms with Crippen molar-refractivity contribution < 1.29 is 19.1 Å². The predicted molar refractivity (Wildman–Crippen MR) is 104 cm³/mol. The number of nitrogens with zero attached hydrogens (tertiary/aromatic N) is 2. The van der Waals surface area contributed by atoms with Gasteiger partial charge in [0, 0.05) is 13.1 Å². The Balaban J connectivity index is 2.03. The molecular weight excluding hydrogens is 344 g/mol. The van der Waals surface area contributed by atoms with Crippen molar-refractivity contribution in [3.8, 4) is 11.5 Å². The van der Waals surface area contributed by atoms with E-state index in [4.69, 9.17) is 9.47 Å². The molecule has 0 unspecified atom stereocenters. The molecular formula is C21H24N2O4. The smallest absolute Gasteiger partial charge is 0.331 e. The molecule has 0 aromatic heterocycles. The van der Waals surface area contributed by atoms with Gasteiger partial charge in [-0.1, -0.05) is 24.3 Å². The summed E-state index contributed by atoms with van der Waals surface area (Å²) in [5, 5.41) is 0. The van der Waals surface area contributed by atoms with E-state index in [2.05, 4.69) is 0 Å². The fraction of sp³-hybridized carbons (Fsp3) is 0.333. The van der Waals surface area contributed by atoms with Crippen LogP contribution in [0.15, 0.2) is 48.5 Å². The summed E-state index contributed by atoms with van der Waals surface area (Å²) in [6.07, 6.45) is 3.00. The third kappa shape index (κ3) is 3.89. The monoisotopic (exact) mass is 368 g/mol. The van der Waals surface area contributed by atoms with Gasteiger partial charge in [-0.3, -0.25) is 4.79 Å². The Hall–Kier alpha value is -3.02. The van der Waals surface area contributed by atoms with Crippen LogP contribution in [0.5, 0.6) is 11.5 Å². The Morgan fingerprint density at radius 2 is 1.59 bits per heavy atom. The van der Waals surface area contributed by atoms with Gasteiger partial charge in [0.05, 0.1) is 25.5 Å². The second-order valence-electron chi connectivity index (χ2n) is 6.35. The van der Waals surface area contributed by atoms with Crippen molar-refractivity contribution in [2.24, 2.45) is 0 Å². The molecule has 6 heteroatoms. The van der Waals surface area contributed by atoms with Crippen molar-refractivity contribution in [1.29, 1.82) is 0 Å². The van der Waals surface area contributed by atoms with Crippen LogP contribution >= 0.6 is 0 Å². The minimum Gasteiger partial charge on any atom is -0.493 e. The molecule has 0 atom stereocenters. The number of methoxy groups -OCH3 is 2. The molecule has 0 bridgehead atoms. The second kappa shape index (κ2) is 8.58. The lowest BCUT2D eigenvalue weighted by Gasteiger charge is -2.32. The minimum absolute atomic E-state index is 0.283. The van der Waals surface area contributed by atoms with Crippen molar-refractivity contribution in [2.45, 2.75) is 19.3 Å². The van der Waals surface area contributed by atoms with Crippen molar-refractivity contribution >= 4 is 17.6 Å². The first-order valence-electron chi connectivity index (χ1n) is 9.06. The molecule has 1 fully saturated rings. The first kappa shape index (κ1) is 18.8.